The van der Waals surface area contributed by atoms with E-state index in [1.54, 1.807) is 48.5 Å². The molecule has 18 heteroatoms. The van der Waals surface area contributed by atoms with Gasteiger partial charge in [0, 0.05) is 32.8 Å². The number of benzene rings is 3. The van der Waals surface area contributed by atoms with Crippen molar-refractivity contribution in [2.75, 3.05) is 20.3 Å². The second-order valence-electron chi connectivity index (χ2n) is 12.9. The molecule has 0 radical (unpaired) electrons. The third kappa shape index (κ3) is 11.2. The van der Waals surface area contributed by atoms with Crippen LogP contribution in [0.4, 0.5) is 0 Å². The van der Waals surface area contributed by atoms with Crippen LogP contribution in [0.3, 0.4) is 0 Å². The first kappa shape index (κ1) is 43.7. The lowest BCUT2D eigenvalue weighted by Crippen LogP contribution is -2.61. The zero-order valence-corrected chi connectivity index (χ0v) is 32.5. The molecule has 0 saturated carbocycles. The average molecular weight is 827 g/mol. The van der Waals surface area contributed by atoms with Crippen LogP contribution in [0.25, 0.3) is 0 Å². The molecule has 2 fully saturated rings. The summed E-state index contributed by atoms with van der Waals surface area (Å²) in [5, 5.41) is 21.7. The number of methoxy groups -OCH3 is 1. The largest absolute Gasteiger partial charge is 0.459 e. The minimum atomic E-state index is -1.70. The SMILES string of the molecule is CO[C@H]1O[C@H](COC(=O)c2ccccc2C(=O)OC[C@H]2O[C@@H](Sc3ccccc3)[C@H](OC(C)=O)[C@@H](OC(C)=O)[C@@H]2OC(C)=O)[C@@H](O)[C@H](O)[C@H]1OC(=O)c1ccccc1. The standard InChI is InChI=1S/C40H42O17S/c1-21(41)52-32-29(56-40(58-25-15-9-6-10-16-25)35(54-23(3)43)34(32)53-22(2)42)20-51-38(48)27-18-12-11-17-26(27)37(47)50-19-28-30(44)31(45)33(39(49-4)55-28)57-36(46)24-13-7-5-8-14-24/h5-18,28-35,39-40,44-45H,19-20H2,1-4H3/t28-,29-,30-,31+,32-,33-,34+,35-,39+,40+/m1/s1. The van der Waals surface area contributed by atoms with Gasteiger partial charge in [0.25, 0.3) is 0 Å². The number of aliphatic hydroxyl groups excluding tert-OH is 2. The van der Waals surface area contributed by atoms with E-state index in [2.05, 4.69) is 0 Å². The molecule has 3 aromatic rings. The van der Waals surface area contributed by atoms with Crippen LogP contribution in [-0.2, 0) is 57.0 Å². The van der Waals surface area contributed by atoms with Crippen molar-refractivity contribution in [2.24, 2.45) is 0 Å². The van der Waals surface area contributed by atoms with E-state index in [0.29, 0.717) is 4.90 Å². The molecule has 0 bridgehead atoms. The van der Waals surface area contributed by atoms with Gasteiger partial charge in [0.15, 0.2) is 30.7 Å². The minimum absolute atomic E-state index is 0.188. The molecule has 0 spiro atoms. The first-order chi connectivity index (χ1) is 27.8. The minimum Gasteiger partial charge on any atom is -0.459 e. The van der Waals surface area contributed by atoms with E-state index in [9.17, 15) is 39.0 Å². The molecule has 2 aliphatic rings. The molecule has 2 aliphatic heterocycles. The molecule has 2 heterocycles. The van der Waals surface area contributed by atoms with Gasteiger partial charge in [0.05, 0.1) is 16.7 Å². The number of carbonyl (C=O) groups is 6. The molecule has 310 valence electrons. The van der Waals surface area contributed by atoms with Crippen molar-refractivity contribution in [3.8, 4) is 0 Å². The molecule has 0 aliphatic carbocycles. The quantitative estimate of drug-likeness (QED) is 0.176. The zero-order chi connectivity index (χ0) is 41.9. The Hall–Kier alpha value is -5.37. The van der Waals surface area contributed by atoms with E-state index in [0.717, 1.165) is 32.5 Å². The summed E-state index contributed by atoms with van der Waals surface area (Å²) in [5.74, 6) is -5.16. The third-order valence-electron chi connectivity index (χ3n) is 8.75. The third-order valence-corrected chi connectivity index (χ3v) is 9.90. The molecule has 0 unspecified atom stereocenters. The highest BCUT2D eigenvalue weighted by molar-refractivity contribution is 7.99. The fourth-order valence-electron chi connectivity index (χ4n) is 6.15. The van der Waals surface area contributed by atoms with Gasteiger partial charge in [0.1, 0.15) is 43.1 Å². The molecule has 5 rings (SSSR count). The highest BCUT2D eigenvalue weighted by Gasteiger charge is 2.53. The Morgan fingerprint density at radius 3 is 1.62 bits per heavy atom. The summed E-state index contributed by atoms with van der Waals surface area (Å²) in [6.45, 7) is 2.16. The normalized spacial score (nSPS) is 26.7. The lowest BCUT2D eigenvalue weighted by atomic mass is 9.99. The topological polar surface area (TPSA) is 226 Å². The maximum atomic E-state index is 13.6. The molecule has 2 N–H and O–H groups in total. The van der Waals surface area contributed by atoms with Crippen molar-refractivity contribution >= 4 is 47.6 Å². The molecule has 10 atom stereocenters. The molecule has 3 aromatic carbocycles. The van der Waals surface area contributed by atoms with Crippen molar-refractivity contribution in [2.45, 2.75) is 86.2 Å². The molecular weight excluding hydrogens is 784 g/mol. The highest BCUT2D eigenvalue weighted by atomic mass is 32.2. The fourth-order valence-corrected chi connectivity index (χ4v) is 7.28. The van der Waals surface area contributed by atoms with Crippen LogP contribution < -0.4 is 0 Å². The van der Waals surface area contributed by atoms with Crippen molar-refractivity contribution in [3.63, 3.8) is 0 Å². The Balaban J connectivity index is 1.28. The second kappa shape index (κ2) is 20.4. The Morgan fingerprint density at radius 1 is 0.569 bits per heavy atom. The fraction of sp³-hybridized carbons (Fsp3) is 0.400. The number of aliphatic hydroxyl groups is 2. The zero-order valence-electron chi connectivity index (χ0n) is 31.7. The summed E-state index contributed by atoms with van der Waals surface area (Å²) >= 11 is 1.12. The van der Waals surface area contributed by atoms with E-state index in [1.807, 2.05) is 0 Å². The number of hydrogen-bond donors (Lipinski definition) is 2. The summed E-state index contributed by atoms with van der Waals surface area (Å²) < 4.78 is 50.1. The molecule has 0 amide bonds. The van der Waals surface area contributed by atoms with Crippen LogP contribution in [-0.4, -0.2) is 127 Å². The first-order valence-corrected chi connectivity index (χ1v) is 18.8. The van der Waals surface area contributed by atoms with Gasteiger partial charge in [-0.3, -0.25) is 14.4 Å². The molecule has 17 nitrogen and oxygen atoms in total. The summed E-state index contributed by atoms with van der Waals surface area (Å²) in [7, 11) is 1.23. The molecule has 2 saturated heterocycles. The Bertz CT molecular complexity index is 1910. The lowest BCUT2D eigenvalue weighted by Gasteiger charge is -2.44. The number of rotatable bonds is 14. The van der Waals surface area contributed by atoms with E-state index in [1.165, 1.54) is 43.5 Å². The highest BCUT2D eigenvalue weighted by Crippen LogP contribution is 2.37. The predicted octanol–water partition coefficient (Wildman–Crippen LogP) is 2.63. The Morgan fingerprint density at radius 2 is 1.07 bits per heavy atom. The van der Waals surface area contributed by atoms with Gasteiger partial charge >= 0.3 is 35.8 Å². The van der Waals surface area contributed by atoms with Gasteiger partial charge in [-0.2, -0.15) is 0 Å². The maximum Gasteiger partial charge on any atom is 0.339 e. The van der Waals surface area contributed by atoms with Crippen LogP contribution in [0.15, 0.2) is 89.8 Å². The molecule has 58 heavy (non-hydrogen) atoms. The summed E-state index contributed by atoms with van der Waals surface area (Å²) in [5.41, 5.74) is -1.35. The summed E-state index contributed by atoms with van der Waals surface area (Å²) in [6, 6.07) is 22.3. The smallest absolute Gasteiger partial charge is 0.339 e. The van der Waals surface area contributed by atoms with E-state index < -0.39 is 110 Å². The summed E-state index contributed by atoms with van der Waals surface area (Å²) in [4.78, 5) is 77.1. The van der Waals surface area contributed by atoms with Crippen molar-refractivity contribution in [3.05, 3.63) is 102 Å². The van der Waals surface area contributed by atoms with Crippen LogP contribution in [0, 0.1) is 0 Å². The van der Waals surface area contributed by atoms with E-state index in [-0.39, 0.29) is 16.7 Å². The number of ether oxygens (including phenoxy) is 9. The number of hydrogen-bond acceptors (Lipinski definition) is 18. The molecule has 0 aromatic heterocycles. The first-order valence-electron chi connectivity index (χ1n) is 17.9. The van der Waals surface area contributed by atoms with Crippen LogP contribution >= 0.6 is 11.8 Å². The maximum absolute atomic E-state index is 13.6. The van der Waals surface area contributed by atoms with Gasteiger partial charge in [-0.15, -0.1) is 0 Å². The number of carbonyl (C=O) groups excluding carboxylic acids is 6. The van der Waals surface area contributed by atoms with Gasteiger partial charge in [-0.1, -0.05) is 60.3 Å². The average Bonchev–Trinajstić information content (AvgIpc) is 3.20. The predicted molar refractivity (Wildman–Crippen MR) is 198 cm³/mol. The van der Waals surface area contributed by atoms with Gasteiger partial charge < -0.3 is 52.8 Å². The van der Waals surface area contributed by atoms with Crippen molar-refractivity contribution < 1.29 is 81.6 Å². The van der Waals surface area contributed by atoms with E-state index in [4.69, 9.17) is 42.6 Å². The Labute approximate surface area is 336 Å². The molecular formula is C40H42O17S. The van der Waals surface area contributed by atoms with Crippen molar-refractivity contribution in [1.82, 2.24) is 0 Å². The van der Waals surface area contributed by atoms with Gasteiger partial charge in [-0.05, 0) is 36.4 Å². The van der Waals surface area contributed by atoms with Crippen LogP contribution in [0.2, 0.25) is 0 Å². The lowest BCUT2D eigenvalue weighted by molar-refractivity contribution is -0.293. The monoisotopic (exact) mass is 826 g/mol. The van der Waals surface area contributed by atoms with Gasteiger partial charge in [0.2, 0.25) is 0 Å². The van der Waals surface area contributed by atoms with E-state index >= 15 is 0 Å². The number of esters is 6. The van der Waals surface area contributed by atoms with Crippen molar-refractivity contribution in [1.29, 1.82) is 0 Å². The second-order valence-corrected chi connectivity index (χ2v) is 14.1. The number of thioether (sulfide) groups is 1. The summed E-state index contributed by atoms with van der Waals surface area (Å²) in [6.07, 6.45) is -12.9. The Kier molecular flexibility index (Phi) is 15.4. The van der Waals surface area contributed by atoms with Crippen LogP contribution in [0.5, 0.6) is 0 Å². The van der Waals surface area contributed by atoms with Gasteiger partial charge in [-0.25, -0.2) is 14.4 Å². The van der Waals surface area contributed by atoms with Crippen LogP contribution in [0.1, 0.15) is 51.8 Å².